The molecule has 2 aliphatic heterocycles. The van der Waals surface area contributed by atoms with Crippen LogP contribution in [0, 0.1) is 6.92 Å². The lowest BCUT2D eigenvalue weighted by Crippen LogP contribution is -2.42. The van der Waals surface area contributed by atoms with Crippen LogP contribution in [-0.2, 0) is 4.79 Å². The molecule has 2 aromatic rings. The van der Waals surface area contributed by atoms with Crippen LogP contribution in [0.3, 0.4) is 0 Å². The molecule has 1 atom stereocenters. The summed E-state index contributed by atoms with van der Waals surface area (Å²) in [7, 11) is 0. The standard InChI is InChI=1S/C21H23N3O4/c1-14-8-9-15(11-17(14)24-10-4-7-20(24)25)23-21(26)22-12-16-13-27-18-5-2-3-6-19(18)28-16/h2-3,5-6,8-9,11,16H,4,7,10,12-13H2,1H3,(H2,22,23,26)/t16-/m1/s1. The van der Waals surface area contributed by atoms with Crippen molar-refractivity contribution in [2.45, 2.75) is 25.9 Å². The van der Waals surface area contributed by atoms with Crippen LogP contribution >= 0.6 is 0 Å². The maximum atomic E-state index is 12.3. The molecular formula is C21H23N3O4. The first-order valence-electron chi connectivity index (χ1n) is 9.44. The summed E-state index contributed by atoms with van der Waals surface area (Å²) in [6, 6.07) is 12.7. The van der Waals surface area contributed by atoms with Crippen LogP contribution in [0.1, 0.15) is 18.4 Å². The molecule has 0 radical (unpaired) electrons. The van der Waals surface area contributed by atoms with Gasteiger partial charge in [-0.25, -0.2) is 4.79 Å². The molecule has 0 aromatic heterocycles. The van der Waals surface area contributed by atoms with Crippen LogP contribution in [0.5, 0.6) is 11.5 Å². The molecule has 3 amide bonds. The largest absolute Gasteiger partial charge is 0.486 e. The topological polar surface area (TPSA) is 79.9 Å². The minimum Gasteiger partial charge on any atom is -0.486 e. The second-order valence-corrected chi connectivity index (χ2v) is 6.98. The van der Waals surface area contributed by atoms with Crippen molar-refractivity contribution in [3.63, 3.8) is 0 Å². The molecular weight excluding hydrogens is 358 g/mol. The van der Waals surface area contributed by atoms with Gasteiger partial charge in [0.25, 0.3) is 0 Å². The van der Waals surface area contributed by atoms with Crippen molar-refractivity contribution in [2.75, 3.05) is 29.9 Å². The summed E-state index contributed by atoms with van der Waals surface area (Å²) in [5.41, 5.74) is 2.50. The summed E-state index contributed by atoms with van der Waals surface area (Å²) >= 11 is 0. The van der Waals surface area contributed by atoms with E-state index in [0.717, 1.165) is 24.2 Å². The molecule has 0 unspecified atom stereocenters. The number of aryl methyl sites for hydroxylation is 1. The van der Waals surface area contributed by atoms with Gasteiger partial charge in [-0.3, -0.25) is 4.79 Å². The number of fused-ring (bicyclic) bond motifs is 1. The predicted octanol–water partition coefficient (Wildman–Crippen LogP) is 3.08. The number of anilines is 2. The quantitative estimate of drug-likeness (QED) is 0.853. The molecule has 0 spiro atoms. The smallest absolute Gasteiger partial charge is 0.319 e. The van der Waals surface area contributed by atoms with Gasteiger partial charge < -0.3 is 25.0 Å². The zero-order chi connectivity index (χ0) is 19.5. The Kier molecular flexibility index (Phi) is 5.06. The van der Waals surface area contributed by atoms with Gasteiger partial charge >= 0.3 is 6.03 Å². The van der Waals surface area contributed by atoms with Gasteiger partial charge in [0.05, 0.1) is 6.54 Å². The molecule has 1 saturated heterocycles. The lowest BCUT2D eigenvalue weighted by molar-refractivity contribution is -0.117. The van der Waals surface area contributed by atoms with Crippen LogP contribution in [0.4, 0.5) is 16.2 Å². The lowest BCUT2D eigenvalue weighted by Gasteiger charge is -2.26. The highest BCUT2D eigenvalue weighted by Crippen LogP contribution is 2.31. The normalized spacial score (nSPS) is 18.1. The average Bonchev–Trinajstić information content (AvgIpc) is 3.13. The average molecular weight is 381 g/mol. The molecule has 146 valence electrons. The van der Waals surface area contributed by atoms with Crippen molar-refractivity contribution < 1.29 is 19.1 Å². The third-order valence-electron chi connectivity index (χ3n) is 4.89. The number of hydrogen-bond acceptors (Lipinski definition) is 4. The van der Waals surface area contributed by atoms with Crippen molar-refractivity contribution in [3.8, 4) is 11.5 Å². The van der Waals surface area contributed by atoms with E-state index in [1.165, 1.54) is 0 Å². The fourth-order valence-electron chi connectivity index (χ4n) is 3.43. The number of ether oxygens (including phenoxy) is 2. The van der Waals surface area contributed by atoms with Gasteiger partial charge in [-0.1, -0.05) is 18.2 Å². The SMILES string of the molecule is Cc1ccc(NC(=O)NC[C@@H]2COc3ccccc3O2)cc1N1CCCC1=O. The van der Waals surface area contributed by atoms with E-state index in [-0.39, 0.29) is 18.0 Å². The molecule has 4 rings (SSSR count). The molecule has 0 saturated carbocycles. The maximum Gasteiger partial charge on any atom is 0.319 e. The molecule has 2 aliphatic rings. The van der Waals surface area contributed by atoms with Crippen molar-refractivity contribution in [1.82, 2.24) is 5.32 Å². The molecule has 2 heterocycles. The maximum absolute atomic E-state index is 12.3. The Balaban J connectivity index is 1.34. The Labute approximate surface area is 163 Å². The highest BCUT2D eigenvalue weighted by molar-refractivity contribution is 5.97. The number of para-hydroxylation sites is 2. The Morgan fingerprint density at radius 3 is 2.82 bits per heavy atom. The lowest BCUT2D eigenvalue weighted by atomic mass is 10.1. The van der Waals surface area contributed by atoms with Crippen molar-refractivity contribution in [1.29, 1.82) is 0 Å². The van der Waals surface area contributed by atoms with E-state index in [9.17, 15) is 9.59 Å². The summed E-state index contributed by atoms with van der Waals surface area (Å²) in [5.74, 6) is 1.52. The number of rotatable bonds is 4. The number of amides is 3. The third kappa shape index (κ3) is 3.88. The van der Waals surface area contributed by atoms with Crippen LogP contribution < -0.4 is 25.0 Å². The number of nitrogens with one attached hydrogen (secondary N) is 2. The molecule has 0 aliphatic carbocycles. The monoisotopic (exact) mass is 381 g/mol. The summed E-state index contributed by atoms with van der Waals surface area (Å²) in [6.45, 7) is 3.38. The van der Waals surface area contributed by atoms with E-state index in [4.69, 9.17) is 9.47 Å². The van der Waals surface area contributed by atoms with Gasteiger partial charge in [0.2, 0.25) is 5.91 Å². The van der Waals surface area contributed by atoms with E-state index in [2.05, 4.69) is 10.6 Å². The molecule has 0 bridgehead atoms. The molecule has 7 nitrogen and oxygen atoms in total. The highest BCUT2D eigenvalue weighted by Gasteiger charge is 2.24. The zero-order valence-electron chi connectivity index (χ0n) is 15.7. The molecule has 7 heteroatoms. The second kappa shape index (κ2) is 7.80. The van der Waals surface area contributed by atoms with Gasteiger partial charge in [0, 0.05) is 24.3 Å². The van der Waals surface area contributed by atoms with E-state index >= 15 is 0 Å². The number of nitrogens with zero attached hydrogens (tertiary/aromatic N) is 1. The van der Waals surface area contributed by atoms with Gasteiger partial charge in [-0.2, -0.15) is 0 Å². The van der Waals surface area contributed by atoms with Crippen molar-refractivity contribution >= 4 is 23.3 Å². The van der Waals surface area contributed by atoms with Crippen LogP contribution in [-0.4, -0.2) is 37.7 Å². The highest BCUT2D eigenvalue weighted by atomic mass is 16.6. The third-order valence-corrected chi connectivity index (χ3v) is 4.89. The van der Waals surface area contributed by atoms with E-state index in [0.29, 0.717) is 36.8 Å². The first kappa shape index (κ1) is 18.2. The van der Waals surface area contributed by atoms with Crippen molar-refractivity contribution in [2.24, 2.45) is 0 Å². The predicted molar refractivity (Wildman–Crippen MR) is 106 cm³/mol. The molecule has 28 heavy (non-hydrogen) atoms. The van der Waals surface area contributed by atoms with Gasteiger partial charge in [0.1, 0.15) is 6.61 Å². The zero-order valence-corrected chi connectivity index (χ0v) is 15.7. The fourth-order valence-corrected chi connectivity index (χ4v) is 3.43. The number of urea groups is 1. The summed E-state index contributed by atoms with van der Waals surface area (Å²) < 4.78 is 11.5. The van der Waals surface area contributed by atoms with Crippen LogP contribution in [0.25, 0.3) is 0 Å². The number of benzene rings is 2. The molecule has 1 fully saturated rings. The van der Waals surface area contributed by atoms with E-state index < -0.39 is 0 Å². The van der Waals surface area contributed by atoms with E-state index in [1.807, 2.05) is 49.4 Å². The van der Waals surface area contributed by atoms with Gasteiger partial charge in [-0.15, -0.1) is 0 Å². The van der Waals surface area contributed by atoms with E-state index in [1.54, 1.807) is 4.90 Å². The number of carbonyl (C=O) groups excluding carboxylic acids is 2. The minimum absolute atomic E-state index is 0.124. The molecule has 2 N–H and O–H groups in total. The number of carbonyl (C=O) groups is 2. The molecule has 2 aromatic carbocycles. The number of hydrogen-bond donors (Lipinski definition) is 2. The second-order valence-electron chi connectivity index (χ2n) is 6.98. The Morgan fingerprint density at radius 1 is 1.21 bits per heavy atom. The first-order valence-corrected chi connectivity index (χ1v) is 9.44. The Bertz CT molecular complexity index is 899. The van der Waals surface area contributed by atoms with Crippen molar-refractivity contribution in [3.05, 3.63) is 48.0 Å². The van der Waals surface area contributed by atoms with Crippen LogP contribution in [0.2, 0.25) is 0 Å². The Hall–Kier alpha value is -3.22. The fraction of sp³-hybridized carbons (Fsp3) is 0.333. The summed E-state index contributed by atoms with van der Waals surface area (Å²) in [4.78, 5) is 26.1. The van der Waals surface area contributed by atoms with Gasteiger partial charge in [-0.05, 0) is 43.2 Å². The Morgan fingerprint density at radius 2 is 2.04 bits per heavy atom. The summed E-state index contributed by atoms with van der Waals surface area (Å²) in [6.07, 6.45) is 1.18. The summed E-state index contributed by atoms with van der Waals surface area (Å²) in [5, 5.41) is 5.63. The van der Waals surface area contributed by atoms with Gasteiger partial charge in [0.15, 0.2) is 17.6 Å². The van der Waals surface area contributed by atoms with Crippen LogP contribution in [0.15, 0.2) is 42.5 Å². The minimum atomic E-state index is -0.329. The first-order chi connectivity index (χ1) is 13.6.